The highest BCUT2D eigenvalue weighted by atomic mass is 32.1. The summed E-state index contributed by atoms with van der Waals surface area (Å²) in [5.41, 5.74) is 0.525. The molecule has 1 aromatic carbocycles. The third kappa shape index (κ3) is 4.28. The standard InChI is InChI=1S/C22H26N4O4S/c1-14-11-25(12-15(2)30-14)17-8-6-16(7-9-17)23-19(27)13-26-20(28)22(3,24-21(26)29)18-5-4-10-31-18/h4-10,14-15H,11-13H2,1-3H3,(H,23,27)(H,24,29). The van der Waals surface area contributed by atoms with E-state index in [9.17, 15) is 14.4 Å². The summed E-state index contributed by atoms with van der Waals surface area (Å²) < 4.78 is 5.77. The molecule has 164 valence electrons. The maximum absolute atomic E-state index is 12.9. The van der Waals surface area contributed by atoms with Crippen LogP contribution in [0.4, 0.5) is 16.2 Å². The molecule has 2 N–H and O–H groups in total. The monoisotopic (exact) mass is 442 g/mol. The minimum absolute atomic E-state index is 0.159. The second-order valence-corrected chi connectivity index (χ2v) is 9.13. The number of carbonyl (C=O) groups excluding carboxylic acids is 3. The van der Waals surface area contributed by atoms with Crippen LogP contribution in [0.5, 0.6) is 0 Å². The van der Waals surface area contributed by atoms with Gasteiger partial charge in [-0.05, 0) is 56.5 Å². The maximum atomic E-state index is 12.9. The zero-order chi connectivity index (χ0) is 22.2. The fourth-order valence-corrected chi connectivity index (χ4v) is 4.89. The summed E-state index contributed by atoms with van der Waals surface area (Å²) in [6.07, 6.45) is 0.319. The van der Waals surface area contributed by atoms with Gasteiger partial charge in [-0.15, -0.1) is 11.3 Å². The summed E-state index contributed by atoms with van der Waals surface area (Å²) in [4.78, 5) is 41.7. The van der Waals surface area contributed by atoms with Crippen molar-refractivity contribution in [2.24, 2.45) is 0 Å². The summed E-state index contributed by atoms with van der Waals surface area (Å²) in [5.74, 6) is -0.860. The van der Waals surface area contributed by atoms with Crippen LogP contribution in [0, 0.1) is 0 Å². The van der Waals surface area contributed by atoms with E-state index in [1.807, 2.05) is 35.7 Å². The molecule has 3 unspecified atom stereocenters. The number of urea groups is 1. The van der Waals surface area contributed by atoms with E-state index in [-0.39, 0.29) is 18.8 Å². The Kier molecular flexibility index (Phi) is 5.72. The molecule has 4 rings (SSSR count). The van der Waals surface area contributed by atoms with Crippen molar-refractivity contribution < 1.29 is 19.1 Å². The molecule has 0 spiro atoms. The van der Waals surface area contributed by atoms with Crippen LogP contribution in [0.2, 0.25) is 0 Å². The molecular formula is C22H26N4O4S. The van der Waals surface area contributed by atoms with E-state index in [2.05, 4.69) is 29.4 Å². The normalized spacial score (nSPS) is 26.2. The van der Waals surface area contributed by atoms with Crippen molar-refractivity contribution in [1.82, 2.24) is 10.2 Å². The van der Waals surface area contributed by atoms with Gasteiger partial charge in [0.05, 0.1) is 12.2 Å². The largest absolute Gasteiger partial charge is 0.372 e. The van der Waals surface area contributed by atoms with Crippen LogP contribution in [0.3, 0.4) is 0 Å². The first-order valence-corrected chi connectivity index (χ1v) is 11.1. The number of imide groups is 1. The molecule has 2 aliphatic rings. The molecule has 2 saturated heterocycles. The second kappa shape index (κ2) is 8.32. The van der Waals surface area contributed by atoms with Crippen molar-refractivity contribution in [3.05, 3.63) is 46.7 Å². The van der Waals surface area contributed by atoms with Crippen LogP contribution in [-0.4, -0.2) is 54.6 Å². The Bertz CT molecular complexity index is 968. The van der Waals surface area contributed by atoms with Crippen molar-refractivity contribution in [3.63, 3.8) is 0 Å². The van der Waals surface area contributed by atoms with Gasteiger partial charge in [0.1, 0.15) is 6.54 Å². The minimum Gasteiger partial charge on any atom is -0.372 e. The Morgan fingerprint density at radius 3 is 2.48 bits per heavy atom. The van der Waals surface area contributed by atoms with E-state index < -0.39 is 23.4 Å². The molecule has 0 saturated carbocycles. The number of hydrogen-bond donors (Lipinski definition) is 2. The molecular weight excluding hydrogens is 416 g/mol. The number of amides is 4. The van der Waals surface area contributed by atoms with Crippen LogP contribution in [0.15, 0.2) is 41.8 Å². The van der Waals surface area contributed by atoms with Crippen LogP contribution in [0.1, 0.15) is 25.6 Å². The van der Waals surface area contributed by atoms with E-state index in [1.54, 1.807) is 13.0 Å². The lowest BCUT2D eigenvalue weighted by Gasteiger charge is -2.36. The first-order valence-electron chi connectivity index (χ1n) is 10.2. The lowest BCUT2D eigenvalue weighted by molar-refractivity contribution is -0.133. The van der Waals surface area contributed by atoms with Crippen molar-refractivity contribution in [2.75, 3.05) is 29.9 Å². The summed E-state index contributed by atoms with van der Waals surface area (Å²) in [5, 5.41) is 7.32. The third-order valence-corrected chi connectivity index (χ3v) is 6.62. The fourth-order valence-electron chi connectivity index (χ4n) is 4.06. The Balaban J connectivity index is 1.38. The van der Waals surface area contributed by atoms with Gasteiger partial charge in [-0.2, -0.15) is 0 Å². The quantitative estimate of drug-likeness (QED) is 0.695. The first kappa shape index (κ1) is 21.3. The van der Waals surface area contributed by atoms with Gasteiger partial charge in [-0.3, -0.25) is 14.5 Å². The second-order valence-electron chi connectivity index (χ2n) is 8.18. The molecule has 2 aliphatic heterocycles. The zero-order valence-corrected chi connectivity index (χ0v) is 18.6. The van der Waals surface area contributed by atoms with Crippen LogP contribution < -0.4 is 15.5 Å². The predicted octanol–water partition coefficient (Wildman–Crippen LogP) is 2.77. The molecule has 2 aromatic rings. The Hall–Kier alpha value is -2.91. The lowest BCUT2D eigenvalue weighted by atomic mass is 10.0. The van der Waals surface area contributed by atoms with Gasteiger partial charge in [0.15, 0.2) is 5.54 Å². The number of nitrogens with one attached hydrogen (secondary N) is 2. The minimum atomic E-state index is -1.14. The number of morpholine rings is 1. The number of anilines is 2. The number of thiophene rings is 1. The van der Waals surface area contributed by atoms with Gasteiger partial charge < -0.3 is 20.3 Å². The van der Waals surface area contributed by atoms with Crippen molar-refractivity contribution in [1.29, 1.82) is 0 Å². The number of hydrogen-bond acceptors (Lipinski definition) is 6. The van der Waals surface area contributed by atoms with Gasteiger partial charge in [0.25, 0.3) is 5.91 Å². The number of ether oxygens (including phenoxy) is 1. The van der Waals surface area contributed by atoms with Crippen LogP contribution in [-0.2, 0) is 19.9 Å². The molecule has 0 bridgehead atoms. The molecule has 3 heterocycles. The van der Waals surface area contributed by atoms with Gasteiger partial charge in [0.2, 0.25) is 5.91 Å². The molecule has 8 nitrogen and oxygen atoms in total. The molecule has 4 amide bonds. The highest BCUT2D eigenvalue weighted by Crippen LogP contribution is 2.31. The number of carbonyl (C=O) groups is 3. The predicted molar refractivity (Wildman–Crippen MR) is 119 cm³/mol. The van der Waals surface area contributed by atoms with Gasteiger partial charge in [-0.25, -0.2) is 4.79 Å². The summed E-state index contributed by atoms with van der Waals surface area (Å²) in [6, 6.07) is 10.6. The Labute approximate surface area is 185 Å². The van der Waals surface area contributed by atoms with Crippen LogP contribution >= 0.6 is 11.3 Å². The molecule has 31 heavy (non-hydrogen) atoms. The highest BCUT2D eigenvalue weighted by Gasteiger charge is 2.50. The van der Waals surface area contributed by atoms with E-state index in [0.29, 0.717) is 5.69 Å². The molecule has 0 radical (unpaired) electrons. The van der Waals surface area contributed by atoms with Gasteiger partial charge in [-0.1, -0.05) is 6.07 Å². The van der Waals surface area contributed by atoms with Crippen molar-refractivity contribution in [2.45, 2.75) is 38.5 Å². The third-order valence-electron chi connectivity index (χ3n) is 5.53. The molecule has 1 aromatic heterocycles. The summed E-state index contributed by atoms with van der Waals surface area (Å²) in [6.45, 7) is 7.04. The Morgan fingerprint density at radius 1 is 1.19 bits per heavy atom. The van der Waals surface area contributed by atoms with Crippen molar-refractivity contribution >= 4 is 40.6 Å². The zero-order valence-electron chi connectivity index (χ0n) is 17.8. The average Bonchev–Trinajstić information content (AvgIpc) is 3.32. The molecule has 2 fully saturated rings. The van der Waals surface area contributed by atoms with Crippen LogP contribution in [0.25, 0.3) is 0 Å². The Morgan fingerprint density at radius 2 is 1.87 bits per heavy atom. The van der Waals surface area contributed by atoms with E-state index in [0.717, 1.165) is 28.6 Å². The van der Waals surface area contributed by atoms with Gasteiger partial charge >= 0.3 is 6.03 Å². The van der Waals surface area contributed by atoms with Gasteiger partial charge in [0, 0.05) is 29.3 Å². The first-order chi connectivity index (χ1) is 14.8. The summed E-state index contributed by atoms with van der Waals surface area (Å²) >= 11 is 1.39. The van der Waals surface area contributed by atoms with E-state index in [4.69, 9.17) is 4.74 Å². The summed E-state index contributed by atoms with van der Waals surface area (Å²) in [7, 11) is 0. The number of rotatable bonds is 5. The lowest BCUT2D eigenvalue weighted by Crippen LogP contribution is -2.45. The smallest absolute Gasteiger partial charge is 0.325 e. The number of nitrogens with zero attached hydrogens (tertiary/aromatic N) is 2. The van der Waals surface area contributed by atoms with E-state index >= 15 is 0 Å². The molecule has 3 atom stereocenters. The molecule has 9 heteroatoms. The molecule has 0 aliphatic carbocycles. The highest BCUT2D eigenvalue weighted by molar-refractivity contribution is 7.10. The van der Waals surface area contributed by atoms with E-state index in [1.165, 1.54) is 11.3 Å². The fraction of sp³-hybridized carbons (Fsp3) is 0.409. The maximum Gasteiger partial charge on any atom is 0.325 e. The SMILES string of the molecule is CC1CN(c2ccc(NC(=O)CN3C(=O)NC(C)(c4cccs4)C3=O)cc2)CC(C)O1. The van der Waals surface area contributed by atoms with Crippen molar-refractivity contribution in [3.8, 4) is 0 Å². The average molecular weight is 443 g/mol. The number of benzene rings is 1. The topological polar surface area (TPSA) is 91.0 Å².